The Morgan fingerprint density at radius 2 is 2.35 bits per heavy atom. The van der Waals surface area contributed by atoms with Gasteiger partial charge in [0.15, 0.2) is 0 Å². The van der Waals surface area contributed by atoms with Crippen LogP contribution in [0.3, 0.4) is 0 Å². The van der Waals surface area contributed by atoms with Gasteiger partial charge in [-0.3, -0.25) is 4.79 Å². The second-order valence-corrected chi connectivity index (χ2v) is 4.89. The van der Waals surface area contributed by atoms with E-state index in [9.17, 15) is 4.79 Å². The molecule has 17 heavy (non-hydrogen) atoms. The first-order chi connectivity index (χ1) is 8.02. The van der Waals surface area contributed by atoms with Crippen LogP contribution in [0.4, 0.5) is 0 Å². The summed E-state index contributed by atoms with van der Waals surface area (Å²) in [6, 6.07) is 0. The minimum atomic E-state index is -1.15. The molecule has 0 aromatic rings. The van der Waals surface area contributed by atoms with E-state index >= 15 is 0 Å². The fourth-order valence-electron chi connectivity index (χ4n) is 1.80. The van der Waals surface area contributed by atoms with Crippen LogP contribution in [0.15, 0.2) is 0 Å². The first kappa shape index (κ1) is 14.4. The molecule has 0 radical (unpaired) electrons. The van der Waals surface area contributed by atoms with Gasteiger partial charge in [0.05, 0.1) is 12.7 Å². The van der Waals surface area contributed by atoms with Gasteiger partial charge in [0.25, 0.3) is 0 Å². The average molecular weight is 245 g/mol. The van der Waals surface area contributed by atoms with Gasteiger partial charge in [-0.15, -0.1) is 0 Å². The Morgan fingerprint density at radius 1 is 1.59 bits per heavy atom. The van der Waals surface area contributed by atoms with Crippen molar-refractivity contribution in [2.45, 2.75) is 50.7 Å². The third-order valence-corrected chi connectivity index (χ3v) is 3.05. The van der Waals surface area contributed by atoms with E-state index < -0.39 is 11.5 Å². The maximum absolute atomic E-state index is 10.7. The molecule has 2 atom stereocenters. The SMILES string of the molecule is CC(N)(CCCOCC1CCCCO1)C(=O)O. The van der Waals surface area contributed by atoms with Crippen LogP contribution in [-0.2, 0) is 14.3 Å². The lowest BCUT2D eigenvalue weighted by molar-refractivity contribution is -0.143. The fraction of sp³-hybridized carbons (Fsp3) is 0.917. The number of ether oxygens (including phenoxy) is 2. The van der Waals surface area contributed by atoms with Gasteiger partial charge >= 0.3 is 5.97 Å². The topological polar surface area (TPSA) is 81.8 Å². The maximum atomic E-state index is 10.7. The molecule has 0 aromatic carbocycles. The van der Waals surface area contributed by atoms with Crippen molar-refractivity contribution in [3.05, 3.63) is 0 Å². The Morgan fingerprint density at radius 3 is 2.94 bits per heavy atom. The fourth-order valence-corrected chi connectivity index (χ4v) is 1.80. The molecule has 1 saturated heterocycles. The molecule has 1 fully saturated rings. The van der Waals surface area contributed by atoms with Crippen molar-refractivity contribution in [2.24, 2.45) is 5.73 Å². The van der Waals surface area contributed by atoms with Crippen molar-refractivity contribution in [2.75, 3.05) is 19.8 Å². The molecule has 1 aliphatic heterocycles. The molecule has 3 N–H and O–H groups in total. The van der Waals surface area contributed by atoms with Gasteiger partial charge in [0.2, 0.25) is 0 Å². The lowest BCUT2D eigenvalue weighted by Crippen LogP contribution is -2.44. The highest BCUT2D eigenvalue weighted by Crippen LogP contribution is 2.13. The van der Waals surface area contributed by atoms with E-state index in [-0.39, 0.29) is 6.10 Å². The van der Waals surface area contributed by atoms with Crippen molar-refractivity contribution in [3.8, 4) is 0 Å². The zero-order valence-electron chi connectivity index (χ0n) is 10.5. The number of aliphatic carboxylic acids is 1. The molecule has 1 heterocycles. The second kappa shape index (κ2) is 6.93. The molecule has 0 saturated carbocycles. The van der Waals surface area contributed by atoms with Gasteiger partial charge in [-0.1, -0.05) is 0 Å². The van der Waals surface area contributed by atoms with E-state index in [1.54, 1.807) is 0 Å². The van der Waals surface area contributed by atoms with Gasteiger partial charge in [-0.05, 0) is 39.0 Å². The number of carbonyl (C=O) groups is 1. The number of carboxylic acid groups (broad SMARTS) is 1. The summed E-state index contributed by atoms with van der Waals surface area (Å²) >= 11 is 0. The Kier molecular flexibility index (Phi) is 5.88. The first-order valence-corrected chi connectivity index (χ1v) is 6.24. The van der Waals surface area contributed by atoms with Crippen LogP contribution in [0.5, 0.6) is 0 Å². The van der Waals surface area contributed by atoms with Crippen molar-refractivity contribution in [1.82, 2.24) is 0 Å². The van der Waals surface area contributed by atoms with Crippen molar-refractivity contribution >= 4 is 5.97 Å². The van der Waals surface area contributed by atoms with Gasteiger partial charge in [-0.25, -0.2) is 0 Å². The summed E-state index contributed by atoms with van der Waals surface area (Å²) in [5.41, 5.74) is 4.46. The van der Waals surface area contributed by atoms with Crippen LogP contribution in [0, 0.1) is 0 Å². The predicted molar refractivity (Wildman–Crippen MR) is 63.9 cm³/mol. The number of hydrogen-bond acceptors (Lipinski definition) is 4. The number of hydrogen-bond donors (Lipinski definition) is 2. The Balaban J connectivity index is 2.02. The van der Waals surface area contributed by atoms with E-state index in [1.807, 2.05) is 0 Å². The van der Waals surface area contributed by atoms with Crippen molar-refractivity contribution < 1.29 is 19.4 Å². The maximum Gasteiger partial charge on any atom is 0.323 e. The Bertz CT molecular complexity index is 237. The number of rotatable bonds is 7. The summed E-state index contributed by atoms with van der Waals surface area (Å²) in [6.07, 6.45) is 4.70. The smallest absolute Gasteiger partial charge is 0.323 e. The molecule has 2 unspecified atom stereocenters. The summed E-state index contributed by atoms with van der Waals surface area (Å²) in [4.78, 5) is 10.7. The summed E-state index contributed by atoms with van der Waals surface area (Å²) in [7, 11) is 0. The molecule has 0 aromatic heterocycles. The van der Waals surface area contributed by atoms with Crippen LogP contribution in [0.25, 0.3) is 0 Å². The van der Waals surface area contributed by atoms with E-state index in [2.05, 4.69) is 0 Å². The molecule has 5 heteroatoms. The molecule has 0 bridgehead atoms. The third kappa shape index (κ3) is 5.48. The molecule has 0 spiro atoms. The van der Waals surface area contributed by atoms with E-state index in [0.29, 0.717) is 26.1 Å². The minimum Gasteiger partial charge on any atom is -0.480 e. The molecule has 1 aliphatic rings. The first-order valence-electron chi connectivity index (χ1n) is 6.24. The van der Waals surface area contributed by atoms with Crippen LogP contribution in [0.2, 0.25) is 0 Å². The molecule has 1 rings (SSSR count). The predicted octanol–water partition coefficient (Wildman–Crippen LogP) is 1.15. The van der Waals surface area contributed by atoms with E-state index in [4.69, 9.17) is 20.3 Å². The molecule has 100 valence electrons. The molecular weight excluding hydrogens is 222 g/mol. The van der Waals surface area contributed by atoms with Crippen LogP contribution in [0.1, 0.15) is 39.0 Å². The largest absolute Gasteiger partial charge is 0.480 e. The highest BCUT2D eigenvalue weighted by atomic mass is 16.5. The normalized spacial score (nSPS) is 24.2. The van der Waals surface area contributed by atoms with Crippen LogP contribution >= 0.6 is 0 Å². The van der Waals surface area contributed by atoms with Gasteiger partial charge in [0.1, 0.15) is 5.54 Å². The third-order valence-electron chi connectivity index (χ3n) is 3.05. The lowest BCUT2D eigenvalue weighted by atomic mass is 9.98. The number of carboxylic acids is 1. The summed E-state index contributed by atoms with van der Waals surface area (Å²) in [6.45, 7) is 3.50. The Hall–Kier alpha value is -0.650. The van der Waals surface area contributed by atoms with Gasteiger partial charge in [-0.2, -0.15) is 0 Å². The lowest BCUT2D eigenvalue weighted by Gasteiger charge is -2.23. The summed E-state index contributed by atoms with van der Waals surface area (Å²) < 4.78 is 11.0. The highest BCUT2D eigenvalue weighted by molar-refractivity contribution is 5.77. The number of nitrogens with two attached hydrogens (primary N) is 1. The zero-order valence-corrected chi connectivity index (χ0v) is 10.5. The van der Waals surface area contributed by atoms with Gasteiger partial charge in [0, 0.05) is 13.2 Å². The molecule has 5 nitrogen and oxygen atoms in total. The second-order valence-electron chi connectivity index (χ2n) is 4.89. The summed E-state index contributed by atoms with van der Waals surface area (Å²) in [5.74, 6) is -0.965. The van der Waals surface area contributed by atoms with Gasteiger partial charge < -0.3 is 20.3 Å². The quantitative estimate of drug-likeness (QED) is 0.658. The zero-order chi connectivity index (χ0) is 12.7. The minimum absolute atomic E-state index is 0.215. The standard InChI is InChI=1S/C12H23NO4/c1-12(13,11(14)15)6-4-7-16-9-10-5-2-3-8-17-10/h10H,2-9,13H2,1H3,(H,14,15). The summed E-state index contributed by atoms with van der Waals surface area (Å²) in [5, 5.41) is 8.82. The molecule has 0 aliphatic carbocycles. The Labute approximate surface area is 102 Å². The molecule has 0 amide bonds. The monoisotopic (exact) mass is 245 g/mol. The van der Waals surface area contributed by atoms with Crippen LogP contribution in [-0.4, -0.2) is 42.5 Å². The average Bonchev–Trinajstić information content (AvgIpc) is 2.29. The van der Waals surface area contributed by atoms with E-state index in [0.717, 1.165) is 19.4 Å². The molecular formula is C12H23NO4. The highest BCUT2D eigenvalue weighted by Gasteiger charge is 2.26. The van der Waals surface area contributed by atoms with Crippen LogP contribution < -0.4 is 5.73 Å². The van der Waals surface area contributed by atoms with E-state index in [1.165, 1.54) is 13.3 Å². The van der Waals surface area contributed by atoms with Crippen molar-refractivity contribution in [3.63, 3.8) is 0 Å². The van der Waals surface area contributed by atoms with Crippen molar-refractivity contribution in [1.29, 1.82) is 0 Å².